The third-order valence-corrected chi connectivity index (χ3v) is 6.18. The zero-order valence-corrected chi connectivity index (χ0v) is 18.7. The van der Waals surface area contributed by atoms with Crippen molar-refractivity contribution >= 4 is 17.7 Å². The Bertz CT molecular complexity index is 1160. The molecule has 0 saturated carbocycles. The van der Waals surface area contributed by atoms with Gasteiger partial charge in [0.2, 0.25) is 11.1 Å². The number of nitrogens with one attached hydrogen (secondary N) is 1. The Morgan fingerprint density at radius 1 is 0.970 bits per heavy atom. The number of benzene rings is 3. The fourth-order valence-corrected chi connectivity index (χ4v) is 4.32. The van der Waals surface area contributed by atoms with Crippen LogP contribution in [0.3, 0.4) is 0 Å². The zero-order chi connectivity index (χ0) is 23.0. The van der Waals surface area contributed by atoms with E-state index in [1.807, 2.05) is 36.4 Å². The number of aromatic nitrogens is 3. The SMILES string of the molecule is Nn1c(SCC(=O)NCCC(c2ccccc2)c2ccccc2)nnc1-c1cccc(F)c1. The van der Waals surface area contributed by atoms with Crippen LogP contribution in [0.5, 0.6) is 0 Å². The molecule has 168 valence electrons. The summed E-state index contributed by atoms with van der Waals surface area (Å²) < 4.78 is 14.8. The van der Waals surface area contributed by atoms with Crippen LogP contribution >= 0.6 is 11.8 Å². The maximum Gasteiger partial charge on any atom is 0.230 e. The average molecular weight is 462 g/mol. The molecule has 0 unspecified atom stereocenters. The lowest BCUT2D eigenvalue weighted by Gasteiger charge is -2.18. The number of hydrogen-bond donors (Lipinski definition) is 2. The maximum atomic E-state index is 13.5. The smallest absolute Gasteiger partial charge is 0.230 e. The zero-order valence-electron chi connectivity index (χ0n) is 17.9. The minimum Gasteiger partial charge on any atom is -0.355 e. The highest BCUT2D eigenvalue weighted by Crippen LogP contribution is 2.27. The summed E-state index contributed by atoms with van der Waals surface area (Å²) in [5.41, 5.74) is 2.95. The number of amides is 1. The largest absolute Gasteiger partial charge is 0.355 e. The van der Waals surface area contributed by atoms with Crippen molar-refractivity contribution in [1.82, 2.24) is 20.2 Å². The van der Waals surface area contributed by atoms with Crippen LogP contribution in [0.15, 0.2) is 90.1 Å². The molecule has 0 radical (unpaired) electrons. The van der Waals surface area contributed by atoms with E-state index < -0.39 is 0 Å². The van der Waals surface area contributed by atoms with Crippen molar-refractivity contribution in [3.05, 3.63) is 102 Å². The summed E-state index contributed by atoms with van der Waals surface area (Å²) >= 11 is 1.19. The lowest BCUT2D eigenvalue weighted by atomic mass is 9.88. The van der Waals surface area contributed by atoms with Crippen molar-refractivity contribution in [1.29, 1.82) is 0 Å². The van der Waals surface area contributed by atoms with Crippen molar-refractivity contribution in [3.63, 3.8) is 0 Å². The molecule has 0 fully saturated rings. The summed E-state index contributed by atoms with van der Waals surface area (Å²) in [4.78, 5) is 12.4. The number of rotatable bonds is 9. The Balaban J connectivity index is 1.32. The number of carbonyl (C=O) groups excluding carboxylic acids is 1. The van der Waals surface area contributed by atoms with E-state index in [-0.39, 0.29) is 23.4 Å². The molecule has 3 aromatic carbocycles. The molecule has 4 rings (SSSR count). The Morgan fingerprint density at radius 2 is 1.64 bits per heavy atom. The standard InChI is InChI=1S/C25H24FN5OS/c26-21-13-7-12-20(16-21)24-29-30-25(31(24)27)33-17-23(32)28-15-14-22(18-8-3-1-4-9-18)19-10-5-2-6-11-19/h1-13,16,22H,14-15,17,27H2,(H,28,32). The van der Waals surface area contributed by atoms with E-state index in [1.54, 1.807) is 12.1 Å². The van der Waals surface area contributed by atoms with Crippen molar-refractivity contribution < 1.29 is 9.18 Å². The van der Waals surface area contributed by atoms with E-state index >= 15 is 0 Å². The Morgan fingerprint density at radius 3 is 2.27 bits per heavy atom. The second-order valence-electron chi connectivity index (χ2n) is 7.49. The highest BCUT2D eigenvalue weighted by Gasteiger charge is 2.16. The monoisotopic (exact) mass is 461 g/mol. The predicted molar refractivity (Wildman–Crippen MR) is 129 cm³/mol. The van der Waals surface area contributed by atoms with E-state index in [1.165, 1.54) is 39.7 Å². The van der Waals surface area contributed by atoms with E-state index in [0.717, 1.165) is 6.42 Å². The molecular formula is C25H24FN5OS. The van der Waals surface area contributed by atoms with Gasteiger partial charge in [-0.25, -0.2) is 9.07 Å². The molecule has 8 heteroatoms. The molecule has 0 aliphatic rings. The van der Waals surface area contributed by atoms with Crippen LogP contribution in [0.4, 0.5) is 4.39 Å². The Kier molecular flexibility index (Phi) is 7.36. The number of nitrogen functional groups attached to an aromatic ring is 1. The summed E-state index contributed by atoms with van der Waals surface area (Å²) in [5, 5.41) is 11.4. The van der Waals surface area contributed by atoms with Crippen molar-refractivity contribution in [2.24, 2.45) is 0 Å². The average Bonchev–Trinajstić information content (AvgIpc) is 3.22. The van der Waals surface area contributed by atoms with Gasteiger partial charge in [-0.3, -0.25) is 4.79 Å². The second-order valence-corrected chi connectivity index (χ2v) is 8.43. The van der Waals surface area contributed by atoms with Gasteiger partial charge in [-0.05, 0) is 29.7 Å². The molecule has 3 N–H and O–H groups in total. The summed E-state index contributed by atoms with van der Waals surface area (Å²) in [6.07, 6.45) is 0.779. The first-order valence-electron chi connectivity index (χ1n) is 10.6. The molecule has 4 aromatic rings. The normalized spacial score (nSPS) is 11.0. The number of halogens is 1. The third kappa shape index (κ3) is 5.78. The minimum atomic E-state index is -0.381. The van der Waals surface area contributed by atoms with Gasteiger partial charge in [-0.1, -0.05) is 84.6 Å². The topological polar surface area (TPSA) is 85.8 Å². The molecular weight excluding hydrogens is 437 g/mol. The molecule has 0 aliphatic carbocycles. The molecule has 1 heterocycles. The molecule has 0 spiro atoms. The summed E-state index contributed by atoms with van der Waals surface area (Å²) in [7, 11) is 0. The van der Waals surface area contributed by atoms with Crippen molar-refractivity contribution in [3.8, 4) is 11.4 Å². The van der Waals surface area contributed by atoms with Gasteiger partial charge in [0.05, 0.1) is 5.75 Å². The van der Waals surface area contributed by atoms with Gasteiger partial charge < -0.3 is 11.2 Å². The van der Waals surface area contributed by atoms with Crippen LogP contribution in [-0.4, -0.2) is 33.1 Å². The molecule has 33 heavy (non-hydrogen) atoms. The highest BCUT2D eigenvalue weighted by molar-refractivity contribution is 7.99. The predicted octanol–water partition coefficient (Wildman–Crippen LogP) is 4.23. The Labute approximate surface area is 196 Å². The molecule has 0 saturated heterocycles. The first-order valence-corrected chi connectivity index (χ1v) is 11.6. The van der Waals surface area contributed by atoms with E-state index in [0.29, 0.717) is 23.1 Å². The molecule has 1 amide bonds. The van der Waals surface area contributed by atoms with Crippen LogP contribution in [-0.2, 0) is 4.79 Å². The van der Waals surface area contributed by atoms with E-state index in [4.69, 9.17) is 5.84 Å². The first-order chi connectivity index (χ1) is 16.1. The van der Waals surface area contributed by atoms with Crippen molar-refractivity contribution in [2.75, 3.05) is 18.1 Å². The minimum absolute atomic E-state index is 0.116. The number of hydrogen-bond acceptors (Lipinski definition) is 5. The van der Waals surface area contributed by atoms with Crippen LogP contribution in [0.1, 0.15) is 23.5 Å². The van der Waals surface area contributed by atoms with Crippen LogP contribution in [0.25, 0.3) is 11.4 Å². The van der Waals surface area contributed by atoms with Gasteiger partial charge in [0, 0.05) is 18.0 Å². The summed E-state index contributed by atoms with van der Waals surface area (Å²) in [5.74, 6) is 6.25. The molecule has 0 atom stereocenters. The van der Waals surface area contributed by atoms with Crippen LogP contribution < -0.4 is 11.2 Å². The first kappa shape index (κ1) is 22.5. The van der Waals surface area contributed by atoms with E-state index in [2.05, 4.69) is 39.8 Å². The lowest BCUT2D eigenvalue weighted by Crippen LogP contribution is -2.27. The van der Waals surface area contributed by atoms with Crippen LogP contribution in [0.2, 0.25) is 0 Å². The molecule has 0 bridgehead atoms. The molecule has 0 aliphatic heterocycles. The Hall–Kier alpha value is -3.65. The van der Waals surface area contributed by atoms with Gasteiger partial charge in [0.1, 0.15) is 5.82 Å². The summed E-state index contributed by atoms with van der Waals surface area (Å²) in [6, 6.07) is 26.5. The number of carbonyl (C=O) groups is 1. The van der Waals surface area contributed by atoms with Gasteiger partial charge in [0.25, 0.3) is 0 Å². The van der Waals surface area contributed by atoms with Crippen molar-refractivity contribution in [2.45, 2.75) is 17.5 Å². The van der Waals surface area contributed by atoms with Gasteiger partial charge in [0.15, 0.2) is 5.82 Å². The van der Waals surface area contributed by atoms with Gasteiger partial charge in [-0.15, -0.1) is 10.2 Å². The fourth-order valence-electron chi connectivity index (χ4n) is 3.63. The maximum absolute atomic E-state index is 13.5. The second kappa shape index (κ2) is 10.8. The van der Waals surface area contributed by atoms with Gasteiger partial charge >= 0.3 is 0 Å². The number of thioether (sulfide) groups is 1. The lowest BCUT2D eigenvalue weighted by molar-refractivity contribution is -0.118. The number of nitrogens with two attached hydrogens (primary N) is 1. The van der Waals surface area contributed by atoms with Crippen LogP contribution in [0, 0.1) is 5.82 Å². The number of nitrogens with zero attached hydrogens (tertiary/aromatic N) is 3. The summed E-state index contributed by atoms with van der Waals surface area (Å²) in [6.45, 7) is 0.539. The fraction of sp³-hybridized carbons (Fsp3) is 0.160. The third-order valence-electron chi connectivity index (χ3n) is 5.24. The van der Waals surface area contributed by atoms with E-state index in [9.17, 15) is 9.18 Å². The highest BCUT2D eigenvalue weighted by atomic mass is 32.2. The quantitative estimate of drug-likeness (QED) is 0.288. The molecule has 1 aromatic heterocycles. The molecule has 6 nitrogen and oxygen atoms in total. The van der Waals surface area contributed by atoms with Gasteiger partial charge in [-0.2, -0.15) is 0 Å².